The van der Waals surface area contributed by atoms with Crippen LogP contribution in [0.3, 0.4) is 0 Å². The van der Waals surface area contributed by atoms with Crippen LogP contribution in [-0.4, -0.2) is 23.2 Å². The van der Waals surface area contributed by atoms with Gasteiger partial charge in [0, 0.05) is 18.7 Å². The molecule has 5 heteroatoms. The van der Waals surface area contributed by atoms with Gasteiger partial charge in [-0.15, -0.1) is 12.4 Å². The average molecular weight is 252 g/mol. The van der Waals surface area contributed by atoms with Gasteiger partial charge in [0.2, 0.25) is 11.7 Å². The molecule has 17 heavy (non-hydrogen) atoms. The van der Waals surface area contributed by atoms with Gasteiger partial charge < -0.3 is 9.84 Å². The van der Waals surface area contributed by atoms with Gasteiger partial charge in [-0.1, -0.05) is 28.9 Å². The lowest BCUT2D eigenvalue weighted by Crippen LogP contribution is -2.40. The van der Waals surface area contributed by atoms with Crippen LogP contribution in [-0.2, 0) is 0 Å². The van der Waals surface area contributed by atoms with Crippen LogP contribution in [0.2, 0.25) is 0 Å². The van der Waals surface area contributed by atoms with Crippen molar-refractivity contribution in [3.05, 3.63) is 35.7 Å². The van der Waals surface area contributed by atoms with Crippen molar-refractivity contribution in [3.8, 4) is 11.4 Å². The molecule has 0 amide bonds. The summed E-state index contributed by atoms with van der Waals surface area (Å²) in [5.41, 5.74) is 2.22. The second-order valence-corrected chi connectivity index (χ2v) is 4.18. The number of benzene rings is 1. The summed E-state index contributed by atoms with van der Waals surface area (Å²) in [5, 5.41) is 7.21. The smallest absolute Gasteiger partial charge is 0.232 e. The third-order valence-corrected chi connectivity index (χ3v) is 2.85. The fourth-order valence-corrected chi connectivity index (χ4v) is 1.77. The molecule has 0 radical (unpaired) electrons. The summed E-state index contributed by atoms with van der Waals surface area (Å²) >= 11 is 0. The fourth-order valence-electron chi connectivity index (χ4n) is 1.77. The molecule has 1 aromatic carbocycles. The molecule has 0 saturated carbocycles. The minimum absolute atomic E-state index is 0. The zero-order valence-electron chi connectivity index (χ0n) is 9.51. The topological polar surface area (TPSA) is 51.0 Å². The number of nitrogens with zero attached hydrogens (tertiary/aromatic N) is 2. The predicted molar refractivity (Wildman–Crippen MR) is 67.3 cm³/mol. The van der Waals surface area contributed by atoms with Crippen LogP contribution < -0.4 is 5.32 Å². The van der Waals surface area contributed by atoms with E-state index in [4.69, 9.17) is 4.52 Å². The molecular formula is C12H14ClN3O. The summed E-state index contributed by atoms with van der Waals surface area (Å²) in [4.78, 5) is 4.43. The van der Waals surface area contributed by atoms with E-state index in [0.717, 1.165) is 24.5 Å². The molecule has 0 unspecified atom stereocenters. The lowest BCUT2D eigenvalue weighted by molar-refractivity contribution is 0.308. The van der Waals surface area contributed by atoms with Crippen molar-refractivity contribution in [2.24, 2.45) is 0 Å². The Labute approximate surface area is 106 Å². The quantitative estimate of drug-likeness (QED) is 0.889. The van der Waals surface area contributed by atoms with E-state index in [1.54, 1.807) is 0 Å². The highest BCUT2D eigenvalue weighted by atomic mass is 35.5. The maximum atomic E-state index is 5.26. The van der Waals surface area contributed by atoms with Gasteiger partial charge in [0.05, 0.1) is 5.92 Å². The first-order valence-electron chi connectivity index (χ1n) is 5.44. The van der Waals surface area contributed by atoms with Gasteiger partial charge in [-0.25, -0.2) is 0 Å². The molecule has 1 saturated heterocycles. The van der Waals surface area contributed by atoms with Crippen molar-refractivity contribution in [3.63, 3.8) is 0 Å². The molecule has 1 N–H and O–H groups in total. The fraction of sp³-hybridized carbons (Fsp3) is 0.333. The van der Waals surface area contributed by atoms with Crippen LogP contribution >= 0.6 is 12.4 Å². The number of hydrogen-bond donors (Lipinski definition) is 1. The van der Waals surface area contributed by atoms with Gasteiger partial charge in [-0.2, -0.15) is 4.98 Å². The Kier molecular flexibility index (Phi) is 3.45. The number of nitrogens with one attached hydrogen (secondary N) is 1. The molecule has 90 valence electrons. The summed E-state index contributed by atoms with van der Waals surface area (Å²) in [5.74, 6) is 1.83. The van der Waals surface area contributed by atoms with Crippen LogP contribution in [0.5, 0.6) is 0 Å². The third-order valence-electron chi connectivity index (χ3n) is 2.85. The normalized spacial score (nSPS) is 15.1. The average Bonchev–Trinajstić information content (AvgIpc) is 2.64. The maximum absolute atomic E-state index is 5.26. The molecule has 1 aromatic heterocycles. The van der Waals surface area contributed by atoms with Crippen molar-refractivity contribution < 1.29 is 4.52 Å². The monoisotopic (exact) mass is 251 g/mol. The summed E-state index contributed by atoms with van der Waals surface area (Å²) in [6.07, 6.45) is 0. The summed E-state index contributed by atoms with van der Waals surface area (Å²) < 4.78 is 5.26. The van der Waals surface area contributed by atoms with E-state index >= 15 is 0 Å². The highest BCUT2D eigenvalue weighted by Crippen LogP contribution is 2.22. The molecule has 2 aromatic rings. The Hall–Kier alpha value is -1.39. The first kappa shape index (κ1) is 12.1. The molecule has 1 fully saturated rings. The van der Waals surface area contributed by atoms with E-state index in [0.29, 0.717) is 11.7 Å². The SMILES string of the molecule is Cc1cccc(-c2noc(C3CNC3)n2)c1.Cl. The van der Waals surface area contributed by atoms with E-state index < -0.39 is 0 Å². The van der Waals surface area contributed by atoms with E-state index in [-0.39, 0.29) is 12.4 Å². The Balaban J connectivity index is 0.00000108. The Morgan fingerprint density at radius 2 is 2.18 bits per heavy atom. The van der Waals surface area contributed by atoms with Crippen LogP contribution in [0.15, 0.2) is 28.8 Å². The highest BCUT2D eigenvalue weighted by molar-refractivity contribution is 5.85. The van der Waals surface area contributed by atoms with Crippen molar-refractivity contribution in [1.29, 1.82) is 0 Å². The van der Waals surface area contributed by atoms with E-state index in [9.17, 15) is 0 Å². The first-order valence-corrected chi connectivity index (χ1v) is 5.44. The van der Waals surface area contributed by atoms with Crippen LogP contribution in [0.4, 0.5) is 0 Å². The summed E-state index contributed by atoms with van der Waals surface area (Å²) in [6.45, 7) is 3.94. The second kappa shape index (κ2) is 4.85. The number of rotatable bonds is 2. The van der Waals surface area contributed by atoms with Crippen molar-refractivity contribution in [2.75, 3.05) is 13.1 Å². The van der Waals surface area contributed by atoms with Gasteiger partial charge in [0.1, 0.15) is 0 Å². The van der Waals surface area contributed by atoms with Crippen LogP contribution in [0.25, 0.3) is 11.4 Å². The number of halogens is 1. The molecule has 0 bridgehead atoms. The van der Waals surface area contributed by atoms with Crippen LogP contribution in [0, 0.1) is 6.92 Å². The van der Waals surface area contributed by atoms with Gasteiger partial charge in [-0.3, -0.25) is 0 Å². The standard InChI is InChI=1S/C12H13N3O.ClH/c1-8-3-2-4-9(5-8)11-14-12(16-15-11)10-6-13-7-10;/h2-5,10,13H,6-7H2,1H3;1H. The molecule has 4 nitrogen and oxygen atoms in total. The molecule has 3 rings (SSSR count). The van der Waals surface area contributed by atoms with Crippen molar-refractivity contribution >= 4 is 12.4 Å². The molecule has 1 aliphatic rings. The Morgan fingerprint density at radius 3 is 2.82 bits per heavy atom. The number of aryl methyl sites for hydroxylation is 1. The lowest BCUT2D eigenvalue weighted by Gasteiger charge is -2.22. The summed E-state index contributed by atoms with van der Waals surface area (Å²) in [7, 11) is 0. The predicted octanol–water partition coefficient (Wildman–Crippen LogP) is 2.15. The third kappa shape index (κ3) is 2.33. The minimum atomic E-state index is 0. The van der Waals surface area contributed by atoms with Crippen LogP contribution in [0.1, 0.15) is 17.4 Å². The molecule has 0 aliphatic carbocycles. The molecule has 1 aliphatic heterocycles. The zero-order chi connectivity index (χ0) is 11.0. The van der Waals surface area contributed by atoms with Gasteiger partial charge in [0.15, 0.2) is 0 Å². The van der Waals surface area contributed by atoms with E-state index in [2.05, 4.69) is 34.5 Å². The maximum Gasteiger partial charge on any atom is 0.232 e. The Bertz CT molecular complexity index is 508. The zero-order valence-corrected chi connectivity index (χ0v) is 10.3. The van der Waals surface area contributed by atoms with Crippen molar-refractivity contribution in [2.45, 2.75) is 12.8 Å². The van der Waals surface area contributed by atoms with Gasteiger partial charge in [0.25, 0.3) is 0 Å². The first-order chi connectivity index (χ1) is 7.83. The van der Waals surface area contributed by atoms with E-state index in [1.807, 2.05) is 12.1 Å². The second-order valence-electron chi connectivity index (χ2n) is 4.18. The van der Waals surface area contributed by atoms with Gasteiger partial charge >= 0.3 is 0 Å². The van der Waals surface area contributed by atoms with E-state index in [1.165, 1.54) is 5.56 Å². The molecule has 2 heterocycles. The van der Waals surface area contributed by atoms with Gasteiger partial charge in [-0.05, 0) is 13.0 Å². The largest absolute Gasteiger partial charge is 0.339 e. The highest BCUT2D eigenvalue weighted by Gasteiger charge is 2.25. The number of aromatic nitrogens is 2. The van der Waals surface area contributed by atoms with Crippen molar-refractivity contribution in [1.82, 2.24) is 15.5 Å². The lowest BCUT2D eigenvalue weighted by atomic mass is 10.0. The minimum Gasteiger partial charge on any atom is -0.339 e. The molecule has 0 atom stereocenters. The Morgan fingerprint density at radius 1 is 1.35 bits per heavy atom. The molecule has 0 spiro atoms. The molecular weight excluding hydrogens is 238 g/mol. The number of hydrogen-bond acceptors (Lipinski definition) is 4. The summed E-state index contributed by atoms with van der Waals surface area (Å²) in [6, 6.07) is 8.13.